The largest absolute Gasteiger partial charge is 0.497 e. The zero-order valence-electron chi connectivity index (χ0n) is 14.6. The molecule has 23 heavy (non-hydrogen) atoms. The number of carbonyl (C=O) groups is 2. The Morgan fingerprint density at radius 1 is 1.17 bits per heavy atom. The highest BCUT2D eigenvalue weighted by atomic mass is 16.5. The average molecular weight is 321 g/mol. The molecule has 0 amide bonds. The Labute approximate surface area is 138 Å². The van der Waals surface area contributed by atoms with Crippen LogP contribution in [0.4, 0.5) is 5.69 Å². The summed E-state index contributed by atoms with van der Waals surface area (Å²) in [4.78, 5) is 24.9. The Bertz CT molecular complexity index is 526. The number of ketones is 1. The molecule has 5 nitrogen and oxygen atoms in total. The van der Waals surface area contributed by atoms with Crippen LogP contribution in [0.1, 0.15) is 40.5 Å². The van der Waals surface area contributed by atoms with E-state index >= 15 is 0 Å². The molecule has 0 spiro atoms. The summed E-state index contributed by atoms with van der Waals surface area (Å²) in [6.45, 7) is 7.50. The van der Waals surface area contributed by atoms with Gasteiger partial charge in [0.15, 0.2) is 0 Å². The van der Waals surface area contributed by atoms with Crippen molar-refractivity contribution >= 4 is 17.4 Å². The molecule has 0 aliphatic heterocycles. The van der Waals surface area contributed by atoms with E-state index in [1.54, 1.807) is 40.0 Å². The van der Waals surface area contributed by atoms with Crippen molar-refractivity contribution in [1.82, 2.24) is 0 Å². The number of nitrogens with one attached hydrogen (secondary N) is 1. The minimum Gasteiger partial charge on any atom is -0.497 e. The molecule has 0 bridgehead atoms. The second-order valence-corrected chi connectivity index (χ2v) is 5.44. The first-order chi connectivity index (χ1) is 10.9. The zero-order valence-corrected chi connectivity index (χ0v) is 14.6. The highest BCUT2D eigenvalue weighted by Gasteiger charge is 2.46. The van der Waals surface area contributed by atoms with Crippen LogP contribution in [0.25, 0.3) is 0 Å². The quantitative estimate of drug-likeness (QED) is 0.706. The van der Waals surface area contributed by atoms with Crippen molar-refractivity contribution in [2.45, 2.75) is 46.1 Å². The highest BCUT2D eigenvalue weighted by Crippen LogP contribution is 2.30. The summed E-state index contributed by atoms with van der Waals surface area (Å²) in [6.07, 6.45) is 0.831. The average Bonchev–Trinajstić information content (AvgIpc) is 2.59. The van der Waals surface area contributed by atoms with E-state index in [1.165, 1.54) is 0 Å². The molecule has 2 atom stereocenters. The van der Waals surface area contributed by atoms with Gasteiger partial charge in [0.05, 0.1) is 13.7 Å². The first-order valence-electron chi connectivity index (χ1n) is 8.07. The third kappa shape index (κ3) is 4.24. The third-order valence-electron chi connectivity index (χ3n) is 4.23. The van der Waals surface area contributed by atoms with E-state index in [2.05, 4.69) is 5.32 Å². The molecule has 0 unspecified atom stereocenters. The fraction of sp³-hybridized carbons (Fsp3) is 0.556. The molecular formula is C18H27NO4. The van der Waals surface area contributed by atoms with Gasteiger partial charge in [0.1, 0.15) is 17.1 Å². The SMILES string of the molecule is CCOC(=O)[C@@](CC)(Nc1ccc(OC)cc1)[C@@H](C)C(=O)CC. The first kappa shape index (κ1) is 19.0. The summed E-state index contributed by atoms with van der Waals surface area (Å²) in [7, 11) is 1.60. The lowest BCUT2D eigenvalue weighted by Crippen LogP contribution is -2.54. The maximum Gasteiger partial charge on any atom is 0.332 e. The Balaban J connectivity index is 3.19. The summed E-state index contributed by atoms with van der Waals surface area (Å²) in [5, 5.41) is 3.24. The lowest BCUT2D eigenvalue weighted by atomic mass is 9.79. The predicted octanol–water partition coefficient (Wildman–Crippen LogP) is 3.43. The number of hydrogen-bond acceptors (Lipinski definition) is 5. The Kier molecular flexibility index (Phi) is 7.07. The van der Waals surface area contributed by atoms with Crippen molar-refractivity contribution in [3.05, 3.63) is 24.3 Å². The molecule has 0 aliphatic rings. The number of methoxy groups -OCH3 is 1. The van der Waals surface area contributed by atoms with E-state index in [0.717, 1.165) is 11.4 Å². The van der Waals surface area contributed by atoms with Crippen LogP contribution in [0.2, 0.25) is 0 Å². The summed E-state index contributed by atoms with van der Waals surface area (Å²) in [5.74, 6) is -0.126. The van der Waals surface area contributed by atoms with Gasteiger partial charge in [-0.3, -0.25) is 4.79 Å². The van der Waals surface area contributed by atoms with E-state index in [-0.39, 0.29) is 12.4 Å². The Morgan fingerprint density at radius 2 is 1.78 bits per heavy atom. The number of anilines is 1. The van der Waals surface area contributed by atoms with E-state index in [4.69, 9.17) is 9.47 Å². The van der Waals surface area contributed by atoms with Crippen molar-refractivity contribution in [2.75, 3.05) is 19.0 Å². The number of carbonyl (C=O) groups excluding carboxylic acids is 2. The van der Waals surface area contributed by atoms with Gasteiger partial charge in [-0.15, -0.1) is 0 Å². The van der Waals surface area contributed by atoms with Crippen molar-refractivity contribution in [2.24, 2.45) is 5.92 Å². The van der Waals surface area contributed by atoms with Gasteiger partial charge in [0.2, 0.25) is 0 Å². The van der Waals surface area contributed by atoms with Gasteiger partial charge in [-0.2, -0.15) is 0 Å². The summed E-state index contributed by atoms with van der Waals surface area (Å²) in [6, 6.07) is 7.26. The molecule has 1 aromatic carbocycles. The minimum absolute atomic E-state index is 0.0286. The van der Waals surface area contributed by atoms with Gasteiger partial charge in [0, 0.05) is 18.0 Å². The summed E-state index contributed by atoms with van der Waals surface area (Å²) >= 11 is 0. The molecule has 128 valence electrons. The van der Waals surface area contributed by atoms with Crippen LogP contribution in [-0.2, 0) is 14.3 Å². The van der Waals surface area contributed by atoms with E-state index < -0.39 is 17.4 Å². The lowest BCUT2D eigenvalue weighted by Gasteiger charge is -2.37. The zero-order chi connectivity index (χ0) is 17.5. The molecule has 0 heterocycles. The van der Waals surface area contributed by atoms with Crippen LogP contribution in [0, 0.1) is 5.92 Å². The minimum atomic E-state index is -1.07. The van der Waals surface area contributed by atoms with Crippen LogP contribution in [0.3, 0.4) is 0 Å². The van der Waals surface area contributed by atoms with Crippen LogP contribution in [-0.4, -0.2) is 31.0 Å². The summed E-state index contributed by atoms with van der Waals surface area (Å²) in [5.41, 5.74) is -0.325. The molecule has 5 heteroatoms. The predicted molar refractivity (Wildman–Crippen MR) is 90.7 cm³/mol. The normalized spacial score (nSPS) is 14.5. The van der Waals surface area contributed by atoms with Crippen LogP contribution < -0.4 is 10.1 Å². The topological polar surface area (TPSA) is 64.6 Å². The van der Waals surface area contributed by atoms with Gasteiger partial charge < -0.3 is 14.8 Å². The molecule has 1 aromatic rings. The molecule has 0 fully saturated rings. The molecule has 0 radical (unpaired) electrons. The fourth-order valence-electron chi connectivity index (χ4n) is 2.65. The number of ether oxygens (including phenoxy) is 2. The Morgan fingerprint density at radius 3 is 2.22 bits per heavy atom. The molecule has 0 aliphatic carbocycles. The molecule has 0 saturated carbocycles. The van der Waals surface area contributed by atoms with Crippen molar-refractivity contribution < 1.29 is 19.1 Å². The van der Waals surface area contributed by atoms with Gasteiger partial charge in [-0.05, 0) is 37.6 Å². The highest BCUT2D eigenvalue weighted by molar-refractivity contribution is 5.94. The van der Waals surface area contributed by atoms with Crippen molar-refractivity contribution in [1.29, 1.82) is 0 Å². The molecular weight excluding hydrogens is 294 g/mol. The number of Topliss-reactive ketones (excluding diaryl/α,β-unsaturated/α-hetero) is 1. The Hall–Kier alpha value is -2.04. The second kappa shape index (κ2) is 8.56. The number of esters is 1. The molecule has 1 N–H and O–H groups in total. The van der Waals surface area contributed by atoms with Gasteiger partial charge in [-0.25, -0.2) is 4.79 Å². The van der Waals surface area contributed by atoms with Crippen LogP contribution >= 0.6 is 0 Å². The molecule has 0 saturated heterocycles. The number of rotatable bonds is 9. The number of benzene rings is 1. The molecule has 1 rings (SSSR count). The lowest BCUT2D eigenvalue weighted by molar-refractivity contribution is -0.153. The summed E-state index contributed by atoms with van der Waals surface area (Å²) < 4.78 is 10.4. The van der Waals surface area contributed by atoms with Gasteiger partial charge in [-0.1, -0.05) is 20.8 Å². The smallest absolute Gasteiger partial charge is 0.332 e. The van der Waals surface area contributed by atoms with Gasteiger partial charge >= 0.3 is 5.97 Å². The monoisotopic (exact) mass is 321 g/mol. The van der Waals surface area contributed by atoms with E-state index in [9.17, 15) is 9.59 Å². The fourth-order valence-corrected chi connectivity index (χ4v) is 2.65. The maximum atomic E-state index is 12.6. The van der Waals surface area contributed by atoms with Crippen molar-refractivity contribution in [3.8, 4) is 5.75 Å². The van der Waals surface area contributed by atoms with E-state index in [0.29, 0.717) is 12.8 Å². The van der Waals surface area contributed by atoms with Crippen molar-refractivity contribution in [3.63, 3.8) is 0 Å². The third-order valence-corrected chi connectivity index (χ3v) is 4.23. The number of hydrogen-bond donors (Lipinski definition) is 1. The van der Waals surface area contributed by atoms with Crippen LogP contribution in [0.5, 0.6) is 5.75 Å². The first-order valence-corrected chi connectivity index (χ1v) is 8.07. The van der Waals surface area contributed by atoms with Crippen LogP contribution in [0.15, 0.2) is 24.3 Å². The second-order valence-electron chi connectivity index (χ2n) is 5.44. The van der Waals surface area contributed by atoms with Gasteiger partial charge in [0.25, 0.3) is 0 Å². The standard InChI is InChI=1S/C18H27NO4/c1-6-16(20)13(4)18(7-2,17(21)23-8-3)19-14-9-11-15(22-5)12-10-14/h9-13,19H,6-8H2,1-5H3/t13-,18-/m0/s1. The maximum absolute atomic E-state index is 12.6. The van der Waals surface area contributed by atoms with E-state index in [1.807, 2.05) is 19.1 Å². The molecule has 0 aromatic heterocycles.